The van der Waals surface area contributed by atoms with Gasteiger partial charge in [0, 0.05) is 43.0 Å². The van der Waals surface area contributed by atoms with Crippen molar-refractivity contribution in [2.75, 3.05) is 4.90 Å². The van der Waals surface area contributed by atoms with E-state index in [1.165, 1.54) is 76.5 Å². The normalized spacial score (nSPS) is 12.7. The van der Waals surface area contributed by atoms with Gasteiger partial charge in [0.2, 0.25) is 0 Å². The van der Waals surface area contributed by atoms with Crippen LogP contribution in [0.4, 0.5) is 17.1 Å². The zero-order valence-corrected chi connectivity index (χ0v) is 36.4. The van der Waals surface area contributed by atoms with Gasteiger partial charge in [-0.05, 0) is 140 Å². The van der Waals surface area contributed by atoms with Crippen molar-refractivity contribution >= 4 is 50.3 Å². The molecule has 0 saturated heterocycles. The molecule has 2 heterocycles. The van der Waals surface area contributed by atoms with Crippen LogP contribution in [-0.4, -0.2) is 0 Å². The number of nitrogens with zero attached hydrogens (tertiary/aromatic N) is 1. The summed E-state index contributed by atoms with van der Waals surface area (Å²) in [6.45, 7) is 4.76. The molecule has 0 aliphatic heterocycles. The first kappa shape index (κ1) is 38.0. The summed E-state index contributed by atoms with van der Waals surface area (Å²) >= 11 is 1.86. The van der Waals surface area contributed by atoms with E-state index in [1.807, 2.05) is 23.5 Å². The minimum Gasteiger partial charge on any atom is -0.456 e. The van der Waals surface area contributed by atoms with Crippen LogP contribution in [0.5, 0.6) is 0 Å². The summed E-state index contributed by atoms with van der Waals surface area (Å²) < 4.78 is 6.08. The van der Waals surface area contributed by atoms with E-state index in [-0.39, 0.29) is 5.41 Å². The second kappa shape index (κ2) is 15.3. The van der Waals surface area contributed by atoms with Gasteiger partial charge < -0.3 is 9.32 Å². The Hall–Kier alpha value is -7.72. The maximum atomic E-state index is 6.08. The van der Waals surface area contributed by atoms with Crippen molar-refractivity contribution in [3.63, 3.8) is 0 Å². The lowest BCUT2D eigenvalue weighted by Gasteiger charge is -2.28. The Bertz CT molecular complexity index is 3400. The zero-order chi connectivity index (χ0) is 42.8. The van der Waals surface area contributed by atoms with Gasteiger partial charge in [-0.3, -0.25) is 0 Å². The Morgan fingerprint density at radius 3 is 1.45 bits per heavy atom. The van der Waals surface area contributed by atoms with Gasteiger partial charge in [0.05, 0.1) is 0 Å². The van der Waals surface area contributed by atoms with Crippen molar-refractivity contribution in [3.05, 3.63) is 236 Å². The van der Waals surface area contributed by atoms with E-state index in [0.29, 0.717) is 0 Å². The Labute approximate surface area is 378 Å². The Morgan fingerprint density at radius 2 is 0.797 bits per heavy atom. The third-order valence-electron chi connectivity index (χ3n) is 13.2. The van der Waals surface area contributed by atoms with Crippen LogP contribution in [0.1, 0.15) is 25.0 Å². The summed E-state index contributed by atoms with van der Waals surface area (Å²) in [6.07, 6.45) is 0. The van der Waals surface area contributed by atoms with E-state index in [2.05, 4.69) is 231 Å². The van der Waals surface area contributed by atoms with Gasteiger partial charge in [-0.2, -0.15) is 0 Å². The van der Waals surface area contributed by atoms with Gasteiger partial charge in [-0.15, -0.1) is 11.3 Å². The SMILES string of the molecule is CC1(C)c2cc(-c3ccc(-c4ccc(-c5ccc6oc7ccccc7c6c5)cc4)s3)ccc2-c2ccc(N(c3ccc(-c4ccccc4)cc3)c3ccc(-c4ccccc4)cc3)cc21. The molecule has 2 aromatic heterocycles. The summed E-state index contributed by atoms with van der Waals surface area (Å²) in [7, 11) is 0. The maximum absolute atomic E-state index is 6.08. The fourth-order valence-corrected chi connectivity index (χ4v) is 10.7. The standard InChI is InChI=1S/C61H43NOS/c1-61(2)55-38-47(60-36-35-59(64-60)45-19-17-44(18-20-45)46-26-34-58-54(37-46)53-15-9-10-16-57(53)63-58)25-32-51(55)52-33-31-50(39-56(52)61)62(48-27-21-42(22-28-48)40-11-5-3-6-12-40)49-29-23-43(24-30-49)41-13-7-4-8-14-41/h3-39H,1-2H3. The molecule has 0 N–H and O–H groups in total. The quantitative estimate of drug-likeness (QED) is 0.152. The molecule has 2 nitrogen and oxygen atoms in total. The molecule has 0 spiro atoms. The predicted octanol–water partition coefficient (Wildman–Crippen LogP) is 17.8. The minimum atomic E-state index is -0.196. The second-order valence-electron chi connectivity index (χ2n) is 17.3. The van der Waals surface area contributed by atoms with Gasteiger partial charge >= 0.3 is 0 Å². The monoisotopic (exact) mass is 837 g/mol. The Kier molecular flexibility index (Phi) is 9.06. The number of thiophene rings is 1. The van der Waals surface area contributed by atoms with Crippen LogP contribution in [0.25, 0.3) is 87.3 Å². The van der Waals surface area contributed by atoms with Crippen LogP contribution in [-0.2, 0) is 5.41 Å². The summed E-state index contributed by atoms with van der Waals surface area (Å²) in [5.41, 5.74) is 20.1. The number of rotatable bonds is 8. The molecule has 11 aromatic rings. The second-order valence-corrected chi connectivity index (χ2v) is 18.4. The van der Waals surface area contributed by atoms with Gasteiger partial charge in [-0.1, -0.05) is 166 Å². The van der Waals surface area contributed by atoms with Crippen molar-refractivity contribution in [2.24, 2.45) is 0 Å². The number of fused-ring (bicyclic) bond motifs is 6. The summed E-state index contributed by atoms with van der Waals surface area (Å²) in [4.78, 5) is 4.93. The highest BCUT2D eigenvalue weighted by atomic mass is 32.1. The Morgan fingerprint density at radius 1 is 0.344 bits per heavy atom. The molecule has 1 aliphatic carbocycles. The summed E-state index contributed by atoms with van der Waals surface area (Å²) in [6, 6.07) is 81.6. The third-order valence-corrected chi connectivity index (χ3v) is 14.3. The van der Waals surface area contributed by atoms with Gasteiger partial charge in [-0.25, -0.2) is 0 Å². The number of hydrogen-bond acceptors (Lipinski definition) is 3. The molecule has 1 aliphatic rings. The topological polar surface area (TPSA) is 16.4 Å². The lowest BCUT2D eigenvalue weighted by atomic mass is 9.81. The smallest absolute Gasteiger partial charge is 0.135 e. The number of furan rings is 1. The molecule has 9 aromatic carbocycles. The van der Waals surface area contributed by atoms with E-state index >= 15 is 0 Å². The number of hydrogen-bond donors (Lipinski definition) is 0. The Balaban J connectivity index is 0.844. The van der Waals surface area contributed by atoms with E-state index in [1.54, 1.807) is 0 Å². The van der Waals surface area contributed by atoms with Crippen LogP contribution >= 0.6 is 11.3 Å². The van der Waals surface area contributed by atoms with Crippen LogP contribution in [0, 0.1) is 0 Å². The van der Waals surface area contributed by atoms with Gasteiger partial charge in [0.1, 0.15) is 11.2 Å². The van der Waals surface area contributed by atoms with Crippen LogP contribution in [0.3, 0.4) is 0 Å². The van der Waals surface area contributed by atoms with Crippen molar-refractivity contribution in [3.8, 4) is 65.4 Å². The van der Waals surface area contributed by atoms with Crippen LogP contribution in [0.15, 0.2) is 229 Å². The number of anilines is 3. The highest BCUT2D eigenvalue weighted by Crippen LogP contribution is 2.52. The molecule has 0 bridgehead atoms. The summed E-state index contributed by atoms with van der Waals surface area (Å²) in [5, 5.41) is 2.30. The molecular formula is C61H43NOS. The van der Waals surface area contributed by atoms with Crippen molar-refractivity contribution in [1.29, 1.82) is 0 Å². The molecule has 64 heavy (non-hydrogen) atoms. The van der Waals surface area contributed by atoms with E-state index in [9.17, 15) is 0 Å². The molecule has 0 atom stereocenters. The first-order chi connectivity index (χ1) is 31.4. The fourth-order valence-electron chi connectivity index (χ4n) is 9.71. The molecular weight excluding hydrogens is 795 g/mol. The summed E-state index contributed by atoms with van der Waals surface area (Å²) in [5.74, 6) is 0. The number of para-hydroxylation sites is 1. The molecule has 0 saturated carbocycles. The highest BCUT2D eigenvalue weighted by Gasteiger charge is 2.36. The zero-order valence-electron chi connectivity index (χ0n) is 35.6. The lowest BCUT2D eigenvalue weighted by Crippen LogP contribution is -2.16. The average molecular weight is 838 g/mol. The molecule has 0 fully saturated rings. The van der Waals surface area contributed by atoms with Crippen molar-refractivity contribution in [1.82, 2.24) is 0 Å². The molecule has 0 unspecified atom stereocenters. The fraction of sp³-hybridized carbons (Fsp3) is 0.0492. The molecule has 12 rings (SSSR count). The number of benzene rings is 9. The third kappa shape index (κ3) is 6.56. The average Bonchev–Trinajstić information content (AvgIpc) is 4.06. The maximum Gasteiger partial charge on any atom is 0.135 e. The van der Waals surface area contributed by atoms with Crippen LogP contribution in [0.2, 0.25) is 0 Å². The van der Waals surface area contributed by atoms with E-state index in [4.69, 9.17) is 4.42 Å². The van der Waals surface area contributed by atoms with Gasteiger partial charge in [0.15, 0.2) is 0 Å². The van der Waals surface area contributed by atoms with E-state index in [0.717, 1.165) is 39.0 Å². The molecule has 304 valence electrons. The van der Waals surface area contributed by atoms with Crippen LogP contribution < -0.4 is 4.90 Å². The first-order valence-corrected chi connectivity index (χ1v) is 22.8. The van der Waals surface area contributed by atoms with Crippen molar-refractivity contribution in [2.45, 2.75) is 19.3 Å². The molecule has 0 amide bonds. The largest absolute Gasteiger partial charge is 0.456 e. The predicted molar refractivity (Wildman–Crippen MR) is 271 cm³/mol. The minimum absolute atomic E-state index is 0.196. The highest BCUT2D eigenvalue weighted by molar-refractivity contribution is 7.18. The molecule has 0 radical (unpaired) electrons. The van der Waals surface area contributed by atoms with E-state index < -0.39 is 0 Å². The lowest BCUT2D eigenvalue weighted by molar-refractivity contribution is 0.660. The van der Waals surface area contributed by atoms with Crippen molar-refractivity contribution < 1.29 is 4.42 Å². The first-order valence-electron chi connectivity index (χ1n) is 22.0. The molecule has 3 heteroatoms. The van der Waals surface area contributed by atoms with Gasteiger partial charge in [0.25, 0.3) is 0 Å².